The summed E-state index contributed by atoms with van der Waals surface area (Å²) in [4.78, 5) is 4.59. The van der Waals surface area contributed by atoms with Crippen LogP contribution in [0.15, 0.2) is 16.3 Å². The number of hydrogen-bond acceptors (Lipinski definition) is 1. The van der Waals surface area contributed by atoms with E-state index < -0.39 is 8.07 Å². The first kappa shape index (κ1) is 16.7. The molecule has 1 aliphatic rings. The van der Waals surface area contributed by atoms with Gasteiger partial charge in [0.15, 0.2) is 0 Å². The summed E-state index contributed by atoms with van der Waals surface area (Å²) >= 11 is 0. The third-order valence-corrected chi connectivity index (χ3v) is 10.8. The standard InChI is InChI=1S/C17H33NSi/c1-4-17(5-2)19(6-3)15-11-9-7-8-10-13-18-14-12-16-19/h4,14H,5-13,15-16H2,1-3H3/b17-4+,18-14?. The zero-order chi connectivity index (χ0) is 14.0. The fourth-order valence-electron chi connectivity index (χ4n) is 3.63. The van der Waals surface area contributed by atoms with E-state index in [1.807, 2.05) is 5.20 Å². The summed E-state index contributed by atoms with van der Waals surface area (Å²) in [5.74, 6) is 0. The average Bonchev–Trinajstić information content (AvgIpc) is 2.42. The molecule has 0 bridgehead atoms. The Bertz CT molecular complexity index is 296. The Hall–Kier alpha value is -0.373. The van der Waals surface area contributed by atoms with Gasteiger partial charge < -0.3 is 0 Å². The second-order valence-electron chi connectivity index (χ2n) is 5.95. The second kappa shape index (κ2) is 9.52. The van der Waals surface area contributed by atoms with E-state index in [1.54, 1.807) is 0 Å². The smallest absolute Gasteiger partial charge is 0.0812 e. The van der Waals surface area contributed by atoms with Crippen LogP contribution in [0.25, 0.3) is 0 Å². The normalized spacial score (nSPS) is 27.6. The first-order chi connectivity index (χ1) is 9.29. The van der Waals surface area contributed by atoms with Crippen LogP contribution in [0.5, 0.6) is 0 Å². The van der Waals surface area contributed by atoms with Gasteiger partial charge in [-0.1, -0.05) is 62.9 Å². The summed E-state index contributed by atoms with van der Waals surface area (Å²) < 4.78 is 0. The molecule has 1 atom stereocenters. The number of hydrogen-bond donors (Lipinski definition) is 0. The van der Waals surface area contributed by atoms with Crippen molar-refractivity contribution in [3.8, 4) is 0 Å². The molecule has 0 aromatic rings. The van der Waals surface area contributed by atoms with Gasteiger partial charge in [0.1, 0.15) is 0 Å². The van der Waals surface area contributed by atoms with Crippen molar-refractivity contribution in [1.82, 2.24) is 0 Å². The maximum atomic E-state index is 4.59. The van der Waals surface area contributed by atoms with Gasteiger partial charge in [-0.2, -0.15) is 0 Å². The van der Waals surface area contributed by atoms with Crippen LogP contribution in [0.2, 0.25) is 18.1 Å². The second-order valence-corrected chi connectivity index (χ2v) is 10.9. The fourth-order valence-corrected chi connectivity index (χ4v) is 8.66. The van der Waals surface area contributed by atoms with Crippen molar-refractivity contribution in [2.75, 3.05) is 6.54 Å². The summed E-state index contributed by atoms with van der Waals surface area (Å²) in [6.45, 7) is 8.11. The summed E-state index contributed by atoms with van der Waals surface area (Å²) in [6, 6.07) is 4.37. The maximum Gasteiger partial charge on any atom is 0.0812 e. The first-order valence-corrected chi connectivity index (χ1v) is 11.0. The number of nitrogens with zero attached hydrogens (tertiary/aromatic N) is 1. The molecule has 0 saturated carbocycles. The Morgan fingerprint density at radius 2 is 1.84 bits per heavy atom. The summed E-state index contributed by atoms with van der Waals surface area (Å²) in [6.07, 6.45) is 14.2. The lowest BCUT2D eigenvalue weighted by Crippen LogP contribution is -2.36. The van der Waals surface area contributed by atoms with Gasteiger partial charge in [-0.15, -0.1) is 0 Å². The van der Waals surface area contributed by atoms with Gasteiger partial charge >= 0.3 is 0 Å². The molecule has 2 heteroatoms. The highest BCUT2D eigenvalue weighted by molar-refractivity contribution is 6.86. The largest absolute Gasteiger partial charge is 0.298 e. The predicted octanol–water partition coefficient (Wildman–Crippen LogP) is 5.78. The molecular formula is C17H33NSi. The van der Waals surface area contributed by atoms with Crippen LogP contribution >= 0.6 is 0 Å². The number of allylic oxidation sites excluding steroid dienone is 2. The molecule has 1 unspecified atom stereocenters. The molecule has 19 heavy (non-hydrogen) atoms. The monoisotopic (exact) mass is 279 g/mol. The van der Waals surface area contributed by atoms with Crippen molar-refractivity contribution in [2.45, 2.75) is 83.8 Å². The number of rotatable bonds is 3. The third-order valence-electron chi connectivity index (χ3n) is 4.91. The van der Waals surface area contributed by atoms with Gasteiger partial charge in [0.25, 0.3) is 0 Å². The minimum atomic E-state index is -1.19. The SMILES string of the molecule is C/C=C(\CC)[Si]1(CC)CCC=NCCCCCCC1. The van der Waals surface area contributed by atoms with E-state index in [0.717, 1.165) is 6.54 Å². The van der Waals surface area contributed by atoms with E-state index in [0.29, 0.717) is 0 Å². The Morgan fingerprint density at radius 3 is 2.53 bits per heavy atom. The molecule has 0 aromatic heterocycles. The minimum Gasteiger partial charge on any atom is -0.298 e. The lowest BCUT2D eigenvalue weighted by atomic mass is 10.1. The van der Waals surface area contributed by atoms with Crippen molar-refractivity contribution < 1.29 is 0 Å². The van der Waals surface area contributed by atoms with Crippen molar-refractivity contribution in [3.63, 3.8) is 0 Å². The molecule has 0 N–H and O–H groups in total. The lowest BCUT2D eigenvalue weighted by Gasteiger charge is -2.33. The molecule has 1 aliphatic heterocycles. The van der Waals surface area contributed by atoms with Crippen molar-refractivity contribution in [2.24, 2.45) is 4.99 Å². The average molecular weight is 280 g/mol. The molecule has 0 fully saturated rings. The molecule has 0 radical (unpaired) electrons. The first-order valence-electron chi connectivity index (χ1n) is 8.43. The van der Waals surface area contributed by atoms with Crippen LogP contribution < -0.4 is 0 Å². The van der Waals surface area contributed by atoms with Crippen LogP contribution in [0.3, 0.4) is 0 Å². The Balaban J connectivity index is 2.79. The van der Waals surface area contributed by atoms with Gasteiger partial charge in [-0.05, 0) is 38.4 Å². The van der Waals surface area contributed by atoms with Crippen LogP contribution in [0, 0.1) is 0 Å². The Labute approximate surface area is 121 Å². The molecule has 1 rings (SSSR count). The quantitative estimate of drug-likeness (QED) is 0.581. The summed E-state index contributed by atoms with van der Waals surface area (Å²) in [7, 11) is -1.19. The molecule has 0 spiro atoms. The summed E-state index contributed by atoms with van der Waals surface area (Å²) in [5, 5.41) is 1.82. The van der Waals surface area contributed by atoms with E-state index >= 15 is 0 Å². The van der Waals surface area contributed by atoms with Crippen LogP contribution in [-0.4, -0.2) is 20.8 Å². The van der Waals surface area contributed by atoms with E-state index in [4.69, 9.17) is 0 Å². The molecule has 0 aliphatic carbocycles. The van der Waals surface area contributed by atoms with E-state index in [9.17, 15) is 0 Å². The topological polar surface area (TPSA) is 12.4 Å². The van der Waals surface area contributed by atoms with Crippen molar-refractivity contribution in [3.05, 3.63) is 11.3 Å². The van der Waals surface area contributed by atoms with Crippen LogP contribution in [0.4, 0.5) is 0 Å². The van der Waals surface area contributed by atoms with Crippen molar-refractivity contribution >= 4 is 14.3 Å². The highest BCUT2D eigenvalue weighted by Crippen LogP contribution is 2.34. The molecule has 1 heterocycles. The van der Waals surface area contributed by atoms with Gasteiger partial charge in [0.05, 0.1) is 8.07 Å². The fraction of sp³-hybridized carbons (Fsp3) is 0.824. The van der Waals surface area contributed by atoms with Gasteiger partial charge in [0, 0.05) is 6.54 Å². The van der Waals surface area contributed by atoms with Crippen molar-refractivity contribution in [1.29, 1.82) is 0 Å². The van der Waals surface area contributed by atoms with Crippen LogP contribution in [0.1, 0.15) is 65.7 Å². The van der Waals surface area contributed by atoms with Gasteiger partial charge in [-0.3, -0.25) is 4.99 Å². The summed E-state index contributed by atoms with van der Waals surface area (Å²) in [5.41, 5.74) is 0. The molecule has 110 valence electrons. The lowest BCUT2D eigenvalue weighted by molar-refractivity contribution is 0.633. The molecule has 0 amide bonds. The maximum absolute atomic E-state index is 4.59. The highest BCUT2D eigenvalue weighted by Gasteiger charge is 2.32. The van der Waals surface area contributed by atoms with E-state index in [2.05, 4.69) is 38.1 Å². The van der Waals surface area contributed by atoms with Crippen LogP contribution in [-0.2, 0) is 0 Å². The zero-order valence-electron chi connectivity index (χ0n) is 13.4. The third kappa shape index (κ3) is 5.25. The molecule has 0 saturated heterocycles. The molecule has 1 nitrogen and oxygen atoms in total. The number of aliphatic imine (C=N–C) groups is 1. The molecule has 0 aromatic carbocycles. The Kier molecular flexibility index (Phi) is 8.36. The Morgan fingerprint density at radius 1 is 1.11 bits per heavy atom. The minimum absolute atomic E-state index is 1.06. The zero-order valence-corrected chi connectivity index (χ0v) is 14.4. The van der Waals surface area contributed by atoms with E-state index in [-0.39, 0.29) is 0 Å². The van der Waals surface area contributed by atoms with Gasteiger partial charge in [0.2, 0.25) is 0 Å². The highest BCUT2D eigenvalue weighted by atomic mass is 28.3. The predicted molar refractivity (Wildman–Crippen MR) is 91.0 cm³/mol. The molecular weight excluding hydrogens is 246 g/mol. The van der Waals surface area contributed by atoms with Gasteiger partial charge in [-0.25, -0.2) is 0 Å². The van der Waals surface area contributed by atoms with E-state index in [1.165, 1.54) is 63.1 Å².